The fraction of sp³-hybridized carbons (Fsp3) is 0.846. The number of rotatable bonds is 3. The number of carbonyl (C=O) groups is 1. The molecule has 1 aliphatic heterocycles. The molecule has 2 fully saturated rings. The molecule has 1 saturated carbocycles. The number of hydrogen-bond donors (Lipinski definition) is 3. The van der Waals surface area contributed by atoms with Crippen LogP contribution in [-0.2, 0) is 9.53 Å². The van der Waals surface area contributed by atoms with Gasteiger partial charge in [0.15, 0.2) is 5.84 Å². The van der Waals surface area contributed by atoms with Gasteiger partial charge < -0.3 is 21.0 Å². The molecule has 2 unspecified atom stereocenters. The van der Waals surface area contributed by atoms with Gasteiger partial charge >= 0.3 is 0 Å². The van der Waals surface area contributed by atoms with Crippen LogP contribution in [0.1, 0.15) is 45.4 Å². The summed E-state index contributed by atoms with van der Waals surface area (Å²) < 4.78 is 5.42. The summed E-state index contributed by atoms with van der Waals surface area (Å²) >= 11 is 0. The minimum absolute atomic E-state index is 0.0431. The van der Waals surface area contributed by atoms with Gasteiger partial charge in [-0.15, -0.1) is 0 Å². The van der Waals surface area contributed by atoms with Gasteiger partial charge in [-0.25, -0.2) is 0 Å². The van der Waals surface area contributed by atoms with Crippen LogP contribution in [0.5, 0.6) is 0 Å². The molecule has 19 heavy (non-hydrogen) atoms. The smallest absolute Gasteiger partial charge is 0.226 e. The second kappa shape index (κ2) is 5.77. The molecule has 2 aliphatic rings. The molecular formula is C13H23N3O3. The van der Waals surface area contributed by atoms with Crippen LogP contribution in [0.15, 0.2) is 5.16 Å². The lowest BCUT2D eigenvalue weighted by molar-refractivity contribution is -0.128. The molecule has 1 heterocycles. The van der Waals surface area contributed by atoms with E-state index in [1.807, 2.05) is 6.92 Å². The van der Waals surface area contributed by atoms with Gasteiger partial charge in [0.1, 0.15) is 5.54 Å². The highest BCUT2D eigenvalue weighted by atomic mass is 16.5. The van der Waals surface area contributed by atoms with Crippen molar-refractivity contribution in [2.45, 2.75) is 57.1 Å². The molecule has 0 aromatic rings. The first-order valence-corrected chi connectivity index (χ1v) is 7.01. The molecule has 0 aromatic carbocycles. The van der Waals surface area contributed by atoms with E-state index in [1.54, 1.807) is 0 Å². The quantitative estimate of drug-likeness (QED) is 0.308. The number of nitrogens with one attached hydrogen (secondary N) is 1. The Morgan fingerprint density at radius 3 is 2.63 bits per heavy atom. The van der Waals surface area contributed by atoms with Crippen LogP contribution in [0.4, 0.5) is 0 Å². The van der Waals surface area contributed by atoms with Gasteiger partial charge in [0.2, 0.25) is 5.91 Å². The Hall–Kier alpha value is -1.30. The molecule has 1 saturated heterocycles. The third kappa shape index (κ3) is 2.83. The number of ether oxygens (including phenoxy) is 1. The summed E-state index contributed by atoms with van der Waals surface area (Å²) in [6.07, 6.45) is 5.22. The summed E-state index contributed by atoms with van der Waals surface area (Å²) in [6.45, 7) is 2.53. The van der Waals surface area contributed by atoms with E-state index in [-0.39, 0.29) is 23.8 Å². The van der Waals surface area contributed by atoms with Crippen molar-refractivity contribution in [2.75, 3.05) is 6.61 Å². The molecule has 0 spiro atoms. The molecule has 0 aromatic heterocycles. The molecule has 4 N–H and O–H groups in total. The lowest BCUT2D eigenvalue weighted by Crippen LogP contribution is -2.60. The lowest BCUT2D eigenvalue weighted by atomic mass is 9.80. The van der Waals surface area contributed by atoms with E-state index in [1.165, 1.54) is 0 Å². The molecule has 1 amide bonds. The van der Waals surface area contributed by atoms with E-state index in [4.69, 9.17) is 15.7 Å². The predicted octanol–water partition coefficient (Wildman–Crippen LogP) is 0.977. The van der Waals surface area contributed by atoms with Crippen molar-refractivity contribution in [2.24, 2.45) is 16.8 Å². The number of nitrogens with two attached hydrogens (primary N) is 1. The molecule has 6 nitrogen and oxygen atoms in total. The zero-order valence-electron chi connectivity index (χ0n) is 11.4. The predicted molar refractivity (Wildman–Crippen MR) is 70.9 cm³/mol. The number of nitrogens with zero attached hydrogens (tertiary/aromatic N) is 1. The Morgan fingerprint density at radius 2 is 2.11 bits per heavy atom. The van der Waals surface area contributed by atoms with Gasteiger partial charge in [0, 0.05) is 6.61 Å². The van der Waals surface area contributed by atoms with Crippen LogP contribution in [0.25, 0.3) is 0 Å². The van der Waals surface area contributed by atoms with Crippen molar-refractivity contribution in [1.82, 2.24) is 5.32 Å². The number of amidine groups is 1. The minimum Gasteiger partial charge on any atom is -0.409 e. The standard InChI is InChI=1S/C13H23N3O3/c1-9-10(5-8-19-9)11(17)15-13(12(14)16-18)6-3-2-4-7-13/h9-10,18H,2-8H2,1H3,(H2,14,16)(H,15,17). The first kappa shape index (κ1) is 14.1. The Kier molecular flexibility index (Phi) is 4.29. The Labute approximate surface area is 113 Å². The van der Waals surface area contributed by atoms with E-state index >= 15 is 0 Å². The minimum atomic E-state index is -0.674. The first-order chi connectivity index (χ1) is 9.09. The molecule has 1 aliphatic carbocycles. The second-order valence-electron chi connectivity index (χ2n) is 5.59. The summed E-state index contributed by atoms with van der Waals surface area (Å²) in [5.74, 6) is -0.0593. The van der Waals surface area contributed by atoms with E-state index in [0.29, 0.717) is 6.61 Å². The molecule has 2 atom stereocenters. The fourth-order valence-electron chi connectivity index (χ4n) is 3.10. The van der Waals surface area contributed by atoms with Gasteiger partial charge in [0.05, 0.1) is 12.0 Å². The highest BCUT2D eigenvalue weighted by Gasteiger charge is 2.41. The highest BCUT2D eigenvalue weighted by molar-refractivity contribution is 5.94. The molecule has 0 radical (unpaired) electrons. The third-order valence-electron chi connectivity index (χ3n) is 4.38. The van der Waals surface area contributed by atoms with Gasteiger partial charge in [-0.2, -0.15) is 0 Å². The average Bonchev–Trinajstić information content (AvgIpc) is 2.85. The molecular weight excluding hydrogens is 246 g/mol. The molecule has 6 heteroatoms. The van der Waals surface area contributed by atoms with Crippen LogP contribution < -0.4 is 11.1 Å². The Morgan fingerprint density at radius 1 is 1.42 bits per heavy atom. The van der Waals surface area contributed by atoms with Crippen LogP contribution in [0, 0.1) is 5.92 Å². The molecule has 108 valence electrons. The summed E-state index contributed by atoms with van der Waals surface area (Å²) in [5.41, 5.74) is 5.14. The van der Waals surface area contributed by atoms with Crippen molar-refractivity contribution < 1.29 is 14.7 Å². The summed E-state index contributed by atoms with van der Waals surface area (Å²) in [7, 11) is 0. The zero-order chi connectivity index (χ0) is 13.9. The van der Waals surface area contributed by atoms with E-state index in [0.717, 1.165) is 38.5 Å². The van der Waals surface area contributed by atoms with Crippen LogP contribution in [-0.4, -0.2) is 35.2 Å². The summed E-state index contributed by atoms with van der Waals surface area (Å²) in [4.78, 5) is 12.4. The maximum Gasteiger partial charge on any atom is 0.226 e. The lowest BCUT2D eigenvalue weighted by Gasteiger charge is -2.37. The largest absolute Gasteiger partial charge is 0.409 e. The van der Waals surface area contributed by atoms with Crippen molar-refractivity contribution in [3.05, 3.63) is 0 Å². The van der Waals surface area contributed by atoms with Crippen molar-refractivity contribution in [1.29, 1.82) is 0 Å². The number of amides is 1. The summed E-state index contributed by atoms with van der Waals surface area (Å²) in [5, 5.41) is 15.1. The average molecular weight is 269 g/mol. The van der Waals surface area contributed by atoms with Gasteiger partial charge in [0.25, 0.3) is 0 Å². The summed E-state index contributed by atoms with van der Waals surface area (Å²) in [6, 6.07) is 0. The maximum absolute atomic E-state index is 12.4. The number of hydrogen-bond acceptors (Lipinski definition) is 4. The topological polar surface area (TPSA) is 96.9 Å². The van der Waals surface area contributed by atoms with Crippen LogP contribution in [0.2, 0.25) is 0 Å². The van der Waals surface area contributed by atoms with E-state index < -0.39 is 5.54 Å². The van der Waals surface area contributed by atoms with Gasteiger partial charge in [-0.05, 0) is 26.2 Å². The van der Waals surface area contributed by atoms with Crippen molar-refractivity contribution in [3.8, 4) is 0 Å². The SMILES string of the molecule is CC1OCCC1C(=O)NC1(C(N)=NO)CCCCC1. The second-order valence-corrected chi connectivity index (χ2v) is 5.59. The van der Waals surface area contributed by atoms with Crippen LogP contribution in [0.3, 0.4) is 0 Å². The van der Waals surface area contributed by atoms with Crippen molar-refractivity contribution >= 4 is 11.7 Å². The normalized spacial score (nSPS) is 31.1. The van der Waals surface area contributed by atoms with E-state index in [9.17, 15) is 4.79 Å². The van der Waals surface area contributed by atoms with Gasteiger partial charge in [-0.3, -0.25) is 4.79 Å². The Bertz CT molecular complexity index is 364. The maximum atomic E-state index is 12.4. The molecule has 0 bridgehead atoms. The fourth-order valence-corrected chi connectivity index (χ4v) is 3.10. The van der Waals surface area contributed by atoms with Crippen molar-refractivity contribution in [3.63, 3.8) is 0 Å². The zero-order valence-corrected chi connectivity index (χ0v) is 11.4. The van der Waals surface area contributed by atoms with Gasteiger partial charge in [-0.1, -0.05) is 24.4 Å². The van der Waals surface area contributed by atoms with E-state index in [2.05, 4.69) is 10.5 Å². The first-order valence-electron chi connectivity index (χ1n) is 7.01. The monoisotopic (exact) mass is 269 g/mol. The van der Waals surface area contributed by atoms with Crippen LogP contribution >= 0.6 is 0 Å². The molecule has 2 rings (SSSR count). The number of carbonyl (C=O) groups excluding carboxylic acids is 1. The number of oxime groups is 1. The Balaban J connectivity index is 2.09. The third-order valence-corrected chi connectivity index (χ3v) is 4.38. The highest BCUT2D eigenvalue weighted by Crippen LogP contribution is 2.30.